The number of nitrogens with zero attached hydrogens (tertiary/aromatic N) is 2. The second kappa shape index (κ2) is 7.30. The van der Waals surface area contributed by atoms with E-state index >= 15 is 0 Å². The van der Waals surface area contributed by atoms with Gasteiger partial charge in [-0.3, -0.25) is 4.79 Å². The Balaban J connectivity index is 1.64. The molecule has 0 saturated heterocycles. The van der Waals surface area contributed by atoms with E-state index in [-0.39, 0.29) is 5.91 Å². The summed E-state index contributed by atoms with van der Waals surface area (Å²) in [5, 5.41) is 7.02. The lowest BCUT2D eigenvalue weighted by molar-refractivity contribution is -0.114. The van der Waals surface area contributed by atoms with Crippen molar-refractivity contribution in [2.24, 2.45) is 5.10 Å². The summed E-state index contributed by atoms with van der Waals surface area (Å²) >= 11 is 12.1. The first-order chi connectivity index (χ1) is 13.4. The zero-order valence-electron chi connectivity index (χ0n) is 15.2. The molecule has 3 aromatic rings. The summed E-state index contributed by atoms with van der Waals surface area (Å²) in [6.45, 7) is 3.74. The molecule has 0 N–H and O–H groups in total. The van der Waals surface area contributed by atoms with E-state index in [9.17, 15) is 4.79 Å². The van der Waals surface area contributed by atoms with Crippen LogP contribution < -0.4 is 5.01 Å². The molecule has 1 amide bonds. The Morgan fingerprint density at radius 1 is 1.00 bits per heavy atom. The maximum atomic E-state index is 12.8. The molecule has 140 valence electrons. The van der Waals surface area contributed by atoms with Crippen molar-refractivity contribution < 1.29 is 9.21 Å². The molecule has 0 unspecified atom stereocenters. The van der Waals surface area contributed by atoms with Crippen LogP contribution in [0.1, 0.15) is 18.2 Å². The van der Waals surface area contributed by atoms with Crippen molar-refractivity contribution in [2.45, 2.75) is 13.8 Å². The van der Waals surface area contributed by atoms with Gasteiger partial charge >= 0.3 is 0 Å². The van der Waals surface area contributed by atoms with Crippen LogP contribution in [0.2, 0.25) is 10.0 Å². The van der Waals surface area contributed by atoms with E-state index in [0.29, 0.717) is 38.5 Å². The number of halogens is 2. The summed E-state index contributed by atoms with van der Waals surface area (Å²) in [6.07, 6.45) is 1.71. The van der Waals surface area contributed by atoms with Crippen LogP contribution in [0.3, 0.4) is 0 Å². The molecule has 0 spiro atoms. The topological polar surface area (TPSA) is 45.8 Å². The Labute approximate surface area is 172 Å². The molecule has 28 heavy (non-hydrogen) atoms. The minimum atomic E-state index is -0.211. The van der Waals surface area contributed by atoms with Gasteiger partial charge in [-0.25, -0.2) is 0 Å². The van der Waals surface area contributed by atoms with E-state index in [2.05, 4.69) is 5.10 Å². The summed E-state index contributed by atoms with van der Waals surface area (Å²) in [5.41, 5.74) is 3.63. The van der Waals surface area contributed by atoms with E-state index in [1.807, 2.05) is 37.3 Å². The fourth-order valence-electron chi connectivity index (χ4n) is 3.03. The first-order valence-electron chi connectivity index (χ1n) is 8.66. The van der Waals surface area contributed by atoms with Gasteiger partial charge in [-0.15, -0.1) is 0 Å². The molecule has 1 aliphatic heterocycles. The summed E-state index contributed by atoms with van der Waals surface area (Å²) in [5.74, 6) is 1.06. The number of furan rings is 1. The first kappa shape index (κ1) is 18.5. The van der Waals surface area contributed by atoms with Gasteiger partial charge in [-0.05, 0) is 68.0 Å². The van der Waals surface area contributed by atoms with E-state index in [4.69, 9.17) is 27.6 Å². The van der Waals surface area contributed by atoms with Gasteiger partial charge in [-0.2, -0.15) is 10.1 Å². The monoisotopic (exact) mass is 410 g/mol. The van der Waals surface area contributed by atoms with E-state index in [1.165, 1.54) is 5.01 Å². The maximum absolute atomic E-state index is 12.8. The van der Waals surface area contributed by atoms with Gasteiger partial charge < -0.3 is 4.42 Å². The van der Waals surface area contributed by atoms with E-state index in [0.717, 1.165) is 11.1 Å². The van der Waals surface area contributed by atoms with Crippen LogP contribution in [-0.2, 0) is 4.79 Å². The lowest BCUT2D eigenvalue weighted by Crippen LogP contribution is -2.21. The molecule has 1 aliphatic rings. The lowest BCUT2D eigenvalue weighted by atomic mass is 10.1. The minimum absolute atomic E-state index is 0.211. The lowest BCUT2D eigenvalue weighted by Gasteiger charge is -2.11. The Kier molecular flexibility index (Phi) is 4.84. The highest BCUT2D eigenvalue weighted by Gasteiger charge is 2.29. The second-order valence-electron chi connectivity index (χ2n) is 6.45. The van der Waals surface area contributed by atoms with Crippen LogP contribution in [0.15, 0.2) is 69.7 Å². The van der Waals surface area contributed by atoms with E-state index < -0.39 is 0 Å². The molecule has 6 heteroatoms. The van der Waals surface area contributed by atoms with E-state index in [1.54, 1.807) is 37.3 Å². The number of anilines is 1. The standard InChI is InChI=1S/C22H16Cl2N2O2/c1-13-18(4-3-5-20(13)24)21-11-10-17(28-21)12-19-14(2)25-26(22(19)27)16-8-6-15(23)7-9-16/h3-12H,1-2H3/b19-12-. The summed E-state index contributed by atoms with van der Waals surface area (Å²) < 4.78 is 5.94. The highest BCUT2D eigenvalue weighted by molar-refractivity contribution is 6.33. The molecule has 0 atom stereocenters. The van der Waals surface area contributed by atoms with Crippen LogP contribution in [0.25, 0.3) is 17.4 Å². The van der Waals surface area contributed by atoms with Crippen LogP contribution in [0.4, 0.5) is 5.69 Å². The predicted octanol–water partition coefficient (Wildman–Crippen LogP) is 6.37. The highest BCUT2D eigenvalue weighted by atomic mass is 35.5. The maximum Gasteiger partial charge on any atom is 0.280 e. The highest BCUT2D eigenvalue weighted by Crippen LogP contribution is 2.31. The van der Waals surface area contributed by atoms with Gasteiger partial charge in [0.25, 0.3) is 5.91 Å². The van der Waals surface area contributed by atoms with Gasteiger partial charge in [0.1, 0.15) is 11.5 Å². The van der Waals surface area contributed by atoms with Crippen LogP contribution in [0, 0.1) is 6.92 Å². The zero-order chi connectivity index (χ0) is 19.8. The van der Waals surface area contributed by atoms with Crippen molar-refractivity contribution in [3.8, 4) is 11.3 Å². The summed E-state index contributed by atoms with van der Waals surface area (Å²) in [6, 6.07) is 16.3. The molecular weight excluding hydrogens is 395 g/mol. The fraction of sp³-hybridized carbons (Fsp3) is 0.0909. The quantitative estimate of drug-likeness (QED) is 0.470. The number of rotatable bonds is 3. The van der Waals surface area contributed by atoms with Gasteiger partial charge in [0, 0.05) is 15.6 Å². The first-order valence-corrected chi connectivity index (χ1v) is 9.42. The van der Waals surface area contributed by atoms with Crippen molar-refractivity contribution in [1.82, 2.24) is 0 Å². The van der Waals surface area contributed by atoms with Gasteiger partial charge in [-0.1, -0.05) is 35.3 Å². The molecule has 0 aliphatic carbocycles. The van der Waals surface area contributed by atoms with Crippen LogP contribution in [-0.4, -0.2) is 11.6 Å². The van der Waals surface area contributed by atoms with Gasteiger partial charge in [0.05, 0.1) is 17.0 Å². The molecular formula is C22H16Cl2N2O2. The molecule has 0 fully saturated rings. The average molecular weight is 411 g/mol. The van der Waals surface area contributed by atoms with Crippen molar-refractivity contribution in [3.05, 3.63) is 81.5 Å². The smallest absolute Gasteiger partial charge is 0.280 e. The Hall–Kier alpha value is -2.82. The molecule has 0 saturated carbocycles. The van der Waals surface area contributed by atoms with Crippen LogP contribution >= 0.6 is 23.2 Å². The van der Waals surface area contributed by atoms with Crippen LogP contribution in [0.5, 0.6) is 0 Å². The molecule has 2 heterocycles. The Morgan fingerprint density at radius 2 is 1.75 bits per heavy atom. The van der Waals surface area contributed by atoms with Crippen molar-refractivity contribution in [3.63, 3.8) is 0 Å². The number of benzene rings is 2. The number of carbonyl (C=O) groups excluding carboxylic acids is 1. The Morgan fingerprint density at radius 3 is 2.50 bits per heavy atom. The van der Waals surface area contributed by atoms with Gasteiger partial charge in [0.2, 0.25) is 0 Å². The number of hydrogen-bond donors (Lipinski definition) is 0. The molecule has 4 nitrogen and oxygen atoms in total. The summed E-state index contributed by atoms with van der Waals surface area (Å²) in [4.78, 5) is 12.8. The van der Waals surface area contributed by atoms with Crippen molar-refractivity contribution in [2.75, 3.05) is 5.01 Å². The number of hydrogen-bond acceptors (Lipinski definition) is 3. The normalized spacial score (nSPS) is 15.4. The number of amides is 1. The largest absolute Gasteiger partial charge is 0.457 e. The van der Waals surface area contributed by atoms with Crippen molar-refractivity contribution in [1.29, 1.82) is 0 Å². The SMILES string of the molecule is CC1=NN(c2ccc(Cl)cc2)C(=O)/C1=C\c1ccc(-c2cccc(Cl)c2C)o1. The molecule has 4 rings (SSSR count). The minimum Gasteiger partial charge on any atom is -0.457 e. The van der Waals surface area contributed by atoms with Gasteiger partial charge in [0.15, 0.2) is 0 Å². The third kappa shape index (κ3) is 3.37. The third-order valence-corrected chi connectivity index (χ3v) is 5.24. The molecule has 1 aromatic heterocycles. The zero-order valence-corrected chi connectivity index (χ0v) is 16.8. The predicted molar refractivity (Wildman–Crippen MR) is 114 cm³/mol. The fourth-order valence-corrected chi connectivity index (χ4v) is 3.33. The third-order valence-electron chi connectivity index (χ3n) is 4.58. The number of hydrazone groups is 1. The molecule has 2 aromatic carbocycles. The second-order valence-corrected chi connectivity index (χ2v) is 7.29. The number of carbonyl (C=O) groups is 1. The molecule has 0 bridgehead atoms. The Bertz CT molecular complexity index is 1130. The average Bonchev–Trinajstić information content (AvgIpc) is 3.25. The molecule has 0 radical (unpaired) electrons. The summed E-state index contributed by atoms with van der Waals surface area (Å²) in [7, 11) is 0. The van der Waals surface area contributed by atoms with Crippen molar-refractivity contribution >= 4 is 46.6 Å².